The molecule has 1 heterocycles. The van der Waals surface area contributed by atoms with Gasteiger partial charge in [0.15, 0.2) is 5.11 Å². The molecule has 1 saturated carbocycles. The van der Waals surface area contributed by atoms with Crippen LogP contribution in [0.5, 0.6) is 0 Å². The van der Waals surface area contributed by atoms with E-state index in [9.17, 15) is 0 Å². The minimum atomic E-state index is 0.484. The van der Waals surface area contributed by atoms with Gasteiger partial charge in [0.05, 0.1) is 10.7 Å². The first-order chi connectivity index (χ1) is 11.2. The Balaban J connectivity index is 1.77. The number of benzene rings is 1. The minimum absolute atomic E-state index is 0.484. The predicted molar refractivity (Wildman–Crippen MR) is 99.7 cm³/mol. The molecular formula is C18H20ClN3S. The molecule has 0 saturated heterocycles. The average Bonchev–Trinajstić information content (AvgIpc) is 3.10. The molecule has 1 N–H and O–H groups in total. The molecule has 2 aromatic rings. The van der Waals surface area contributed by atoms with Crippen LogP contribution < -0.4 is 5.32 Å². The van der Waals surface area contributed by atoms with Gasteiger partial charge in [0.1, 0.15) is 0 Å². The van der Waals surface area contributed by atoms with E-state index in [1.54, 1.807) is 6.20 Å². The predicted octanol–water partition coefficient (Wildman–Crippen LogP) is 4.88. The Labute approximate surface area is 147 Å². The van der Waals surface area contributed by atoms with E-state index in [4.69, 9.17) is 23.8 Å². The number of rotatable bonds is 4. The Morgan fingerprint density at radius 2 is 2.00 bits per heavy atom. The molecule has 0 atom stereocenters. The van der Waals surface area contributed by atoms with Gasteiger partial charge in [-0.2, -0.15) is 0 Å². The second-order valence-corrected chi connectivity index (χ2v) is 6.63. The second kappa shape index (κ2) is 7.75. The highest BCUT2D eigenvalue weighted by molar-refractivity contribution is 7.80. The summed E-state index contributed by atoms with van der Waals surface area (Å²) in [5.74, 6) is 0. The number of hydrogen-bond donors (Lipinski definition) is 1. The summed E-state index contributed by atoms with van der Waals surface area (Å²) in [5, 5.41) is 4.73. The number of para-hydroxylation sites is 1. The molecule has 0 bridgehead atoms. The molecule has 3 rings (SSSR count). The SMILES string of the molecule is S=C(Nc1ccccc1Cl)N(Cc1cccnc1)C1CCCC1. The quantitative estimate of drug-likeness (QED) is 0.799. The van der Waals surface area contributed by atoms with Crippen molar-refractivity contribution in [3.8, 4) is 0 Å². The van der Waals surface area contributed by atoms with Gasteiger partial charge in [-0.25, -0.2) is 0 Å². The highest BCUT2D eigenvalue weighted by Gasteiger charge is 2.25. The summed E-state index contributed by atoms with van der Waals surface area (Å²) in [6.07, 6.45) is 8.60. The van der Waals surface area contributed by atoms with E-state index in [1.165, 1.54) is 31.2 Å². The molecule has 0 radical (unpaired) electrons. The summed E-state index contributed by atoms with van der Waals surface area (Å²) in [6.45, 7) is 0.773. The van der Waals surface area contributed by atoms with Crippen LogP contribution in [0.3, 0.4) is 0 Å². The van der Waals surface area contributed by atoms with Crippen molar-refractivity contribution in [2.45, 2.75) is 38.3 Å². The van der Waals surface area contributed by atoms with Crippen LogP contribution in [0.1, 0.15) is 31.2 Å². The Kier molecular flexibility index (Phi) is 5.47. The Hall–Kier alpha value is -1.65. The molecule has 0 aliphatic heterocycles. The number of thiocarbonyl (C=S) groups is 1. The molecule has 5 heteroatoms. The zero-order valence-electron chi connectivity index (χ0n) is 12.9. The molecule has 1 aromatic carbocycles. The van der Waals surface area contributed by atoms with Crippen LogP contribution in [-0.2, 0) is 6.54 Å². The van der Waals surface area contributed by atoms with E-state index in [1.807, 2.05) is 36.5 Å². The number of nitrogens with one attached hydrogen (secondary N) is 1. The molecule has 120 valence electrons. The molecule has 23 heavy (non-hydrogen) atoms. The first-order valence-corrected chi connectivity index (χ1v) is 8.74. The molecule has 1 aliphatic carbocycles. The zero-order valence-corrected chi connectivity index (χ0v) is 14.5. The van der Waals surface area contributed by atoms with E-state index in [2.05, 4.69) is 21.3 Å². The van der Waals surface area contributed by atoms with Crippen molar-refractivity contribution in [2.75, 3.05) is 5.32 Å². The number of aromatic nitrogens is 1. The lowest BCUT2D eigenvalue weighted by atomic mass is 10.2. The smallest absolute Gasteiger partial charge is 0.174 e. The van der Waals surface area contributed by atoms with Crippen molar-refractivity contribution in [1.29, 1.82) is 0 Å². The third kappa shape index (κ3) is 4.21. The Bertz CT molecular complexity index is 656. The highest BCUT2D eigenvalue weighted by atomic mass is 35.5. The third-order valence-corrected chi connectivity index (χ3v) is 4.88. The highest BCUT2D eigenvalue weighted by Crippen LogP contribution is 2.27. The van der Waals surface area contributed by atoms with Crippen molar-refractivity contribution in [1.82, 2.24) is 9.88 Å². The van der Waals surface area contributed by atoms with Crippen molar-refractivity contribution < 1.29 is 0 Å². The molecule has 1 aromatic heterocycles. The number of anilines is 1. The van der Waals surface area contributed by atoms with Gasteiger partial charge in [-0.05, 0) is 48.8 Å². The van der Waals surface area contributed by atoms with Gasteiger partial charge in [0.2, 0.25) is 0 Å². The molecule has 1 fully saturated rings. The second-order valence-electron chi connectivity index (χ2n) is 5.84. The first kappa shape index (κ1) is 16.2. The van der Waals surface area contributed by atoms with Crippen molar-refractivity contribution in [3.63, 3.8) is 0 Å². The zero-order chi connectivity index (χ0) is 16.1. The number of halogens is 1. The summed E-state index contributed by atoms with van der Waals surface area (Å²) in [5.41, 5.74) is 2.02. The molecule has 0 unspecified atom stereocenters. The Morgan fingerprint density at radius 3 is 2.70 bits per heavy atom. The molecular weight excluding hydrogens is 326 g/mol. The monoisotopic (exact) mass is 345 g/mol. The first-order valence-electron chi connectivity index (χ1n) is 7.95. The number of pyridine rings is 1. The van der Waals surface area contributed by atoms with Crippen LogP contribution in [0.4, 0.5) is 5.69 Å². The lowest BCUT2D eigenvalue weighted by Crippen LogP contribution is -2.41. The summed E-state index contributed by atoms with van der Waals surface area (Å²) in [4.78, 5) is 6.49. The van der Waals surface area contributed by atoms with Crippen LogP contribution >= 0.6 is 23.8 Å². The largest absolute Gasteiger partial charge is 0.342 e. The molecule has 0 spiro atoms. The Morgan fingerprint density at radius 1 is 1.22 bits per heavy atom. The van der Waals surface area contributed by atoms with Crippen LogP contribution in [-0.4, -0.2) is 21.0 Å². The fourth-order valence-corrected chi connectivity index (χ4v) is 3.53. The van der Waals surface area contributed by atoms with Crippen molar-refractivity contribution in [2.24, 2.45) is 0 Å². The third-order valence-electron chi connectivity index (χ3n) is 4.22. The fourth-order valence-electron chi connectivity index (χ4n) is 3.02. The van der Waals surface area contributed by atoms with Crippen LogP contribution in [0.15, 0.2) is 48.8 Å². The van der Waals surface area contributed by atoms with Gasteiger partial charge >= 0.3 is 0 Å². The maximum Gasteiger partial charge on any atom is 0.174 e. The van der Waals surface area contributed by atoms with E-state index in [-0.39, 0.29) is 0 Å². The number of hydrogen-bond acceptors (Lipinski definition) is 2. The lowest BCUT2D eigenvalue weighted by molar-refractivity contribution is 0.312. The fraction of sp³-hybridized carbons (Fsp3) is 0.333. The van der Waals surface area contributed by atoms with Crippen molar-refractivity contribution in [3.05, 3.63) is 59.4 Å². The van der Waals surface area contributed by atoms with E-state index in [0.29, 0.717) is 11.1 Å². The minimum Gasteiger partial charge on any atom is -0.342 e. The maximum atomic E-state index is 6.24. The topological polar surface area (TPSA) is 28.2 Å². The van der Waals surface area contributed by atoms with E-state index in [0.717, 1.165) is 17.3 Å². The van der Waals surface area contributed by atoms with Gasteiger partial charge in [0.25, 0.3) is 0 Å². The average molecular weight is 346 g/mol. The van der Waals surface area contributed by atoms with Gasteiger partial charge in [-0.3, -0.25) is 4.98 Å². The van der Waals surface area contributed by atoms with Crippen LogP contribution in [0, 0.1) is 0 Å². The molecule has 3 nitrogen and oxygen atoms in total. The number of nitrogens with zero attached hydrogens (tertiary/aromatic N) is 2. The van der Waals surface area contributed by atoms with Crippen LogP contribution in [0.2, 0.25) is 5.02 Å². The summed E-state index contributed by atoms with van der Waals surface area (Å²) < 4.78 is 0. The van der Waals surface area contributed by atoms with E-state index < -0.39 is 0 Å². The normalized spacial score (nSPS) is 14.7. The van der Waals surface area contributed by atoms with Gasteiger partial charge < -0.3 is 10.2 Å². The van der Waals surface area contributed by atoms with Crippen LogP contribution in [0.25, 0.3) is 0 Å². The maximum absolute atomic E-state index is 6.24. The van der Waals surface area contributed by atoms with Gasteiger partial charge in [-0.15, -0.1) is 0 Å². The van der Waals surface area contributed by atoms with Crippen molar-refractivity contribution >= 4 is 34.6 Å². The molecule has 0 amide bonds. The molecule has 1 aliphatic rings. The lowest BCUT2D eigenvalue weighted by Gasteiger charge is -2.32. The standard InChI is InChI=1S/C18H20ClN3S/c19-16-9-3-4-10-17(16)21-18(23)22(15-7-1-2-8-15)13-14-6-5-11-20-12-14/h3-6,9-12,15H,1-2,7-8,13H2,(H,21,23). The summed E-state index contributed by atoms with van der Waals surface area (Å²) in [7, 11) is 0. The summed E-state index contributed by atoms with van der Waals surface area (Å²) in [6, 6.07) is 12.2. The van der Waals surface area contributed by atoms with Gasteiger partial charge in [0, 0.05) is 25.0 Å². The van der Waals surface area contributed by atoms with E-state index >= 15 is 0 Å². The summed E-state index contributed by atoms with van der Waals surface area (Å²) >= 11 is 11.9. The van der Waals surface area contributed by atoms with Gasteiger partial charge in [-0.1, -0.05) is 42.6 Å².